The summed E-state index contributed by atoms with van der Waals surface area (Å²) in [6.07, 6.45) is 7.13. The van der Waals surface area contributed by atoms with Crippen LogP contribution in [-0.2, 0) is 10.0 Å². The summed E-state index contributed by atoms with van der Waals surface area (Å²) < 4.78 is 29.1. The fraction of sp³-hybridized carbons (Fsp3) is 0.318. The Morgan fingerprint density at radius 2 is 1.73 bits per heavy atom. The van der Waals surface area contributed by atoms with Gasteiger partial charge in [0.05, 0.1) is 16.8 Å². The van der Waals surface area contributed by atoms with Crippen molar-refractivity contribution >= 4 is 32.7 Å². The van der Waals surface area contributed by atoms with Crippen molar-refractivity contribution < 1.29 is 13.2 Å². The molecule has 0 saturated carbocycles. The zero-order chi connectivity index (χ0) is 21.1. The largest absolute Gasteiger partial charge is 0.339 e. The van der Waals surface area contributed by atoms with Crippen molar-refractivity contribution in [1.82, 2.24) is 14.9 Å². The normalized spacial score (nSPS) is 15.0. The molecule has 2 heterocycles. The number of nitrogens with one attached hydrogen (secondary N) is 1. The number of likely N-dealkylation sites (tertiary alicyclic amines) is 1. The molecule has 0 unspecified atom stereocenters. The Hall–Kier alpha value is -3.00. The van der Waals surface area contributed by atoms with E-state index in [2.05, 4.69) is 14.7 Å². The predicted octanol–water partition coefficient (Wildman–Crippen LogP) is 3.76. The summed E-state index contributed by atoms with van der Waals surface area (Å²) in [5.41, 5.74) is 2.28. The molecular weight excluding hydrogens is 400 g/mol. The van der Waals surface area contributed by atoms with E-state index >= 15 is 0 Å². The number of nitrogens with zero attached hydrogens (tertiary/aromatic N) is 3. The van der Waals surface area contributed by atoms with Gasteiger partial charge in [-0.1, -0.05) is 25.0 Å². The van der Waals surface area contributed by atoms with Gasteiger partial charge in [-0.25, -0.2) is 8.42 Å². The Kier molecular flexibility index (Phi) is 5.67. The van der Waals surface area contributed by atoms with Crippen LogP contribution in [-0.4, -0.2) is 42.3 Å². The van der Waals surface area contributed by atoms with Crippen molar-refractivity contribution in [2.75, 3.05) is 17.8 Å². The molecule has 3 aromatic rings. The molecule has 0 bridgehead atoms. The van der Waals surface area contributed by atoms with Crippen LogP contribution >= 0.6 is 0 Å². The first-order chi connectivity index (χ1) is 14.5. The second-order valence-electron chi connectivity index (χ2n) is 7.54. The summed E-state index contributed by atoms with van der Waals surface area (Å²) in [5.74, 6) is -0.146. The van der Waals surface area contributed by atoms with E-state index in [4.69, 9.17) is 0 Å². The van der Waals surface area contributed by atoms with Crippen LogP contribution in [0.5, 0.6) is 0 Å². The van der Waals surface area contributed by atoms with Gasteiger partial charge in [-0.15, -0.1) is 0 Å². The number of aryl methyl sites for hydroxylation is 1. The molecule has 8 heteroatoms. The molecule has 156 valence electrons. The summed E-state index contributed by atoms with van der Waals surface area (Å²) in [6.45, 7) is 3.25. The molecule has 1 aromatic heterocycles. The molecule has 0 spiro atoms. The third kappa shape index (κ3) is 4.14. The van der Waals surface area contributed by atoms with Crippen molar-refractivity contribution in [3.8, 4) is 0 Å². The second-order valence-corrected chi connectivity index (χ2v) is 9.19. The summed E-state index contributed by atoms with van der Waals surface area (Å²) in [7, 11) is -3.97. The number of amides is 1. The van der Waals surface area contributed by atoms with E-state index < -0.39 is 10.0 Å². The van der Waals surface area contributed by atoms with Gasteiger partial charge in [-0.3, -0.25) is 19.5 Å². The number of anilines is 1. The van der Waals surface area contributed by atoms with Crippen LogP contribution in [0.15, 0.2) is 53.7 Å². The first-order valence-corrected chi connectivity index (χ1v) is 11.6. The summed E-state index contributed by atoms with van der Waals surface area (Å²) >= 11 is 0. The number of aromatic nitrogens is 2. The maximum atomic E-state index is 13.2. The number of fused-ring (bicyclic) bond motifs is 1. The average molecular weight is 425 g/mol. The van der Waals surface area contributed by atoms with E-state index in [-0.39, 0.29) is 16.5 Å². The van der Waals surface area contributed by atoms with Crippen molar-refractivity contribution in [2.24, 2.45) is 0 Å². The molecule has 7 nitrogen and oxygen atoms in total. The number of para-hydroxylation sites is 1. The van der Waals surface area contributed by atoms with Crippen molar-refractivity contribution in [3.05, 3.63) is 59.9 Å². The lowest BCUT2D eigenvalue weighted by Gasteiger charge is -2.22. The van der Waals surface area contributed by atoms with Gasteiger partial charge < -0.3 is 4.90 Å². The van der Waals surface area contributed by atoms with Gasteiger partial charge in [-0.2, -0.15) is 0 Å². The van der Waals surface area contributed by atoms with Crippen LogP contribution in [0.2, 0.25) is 0 Å². The van der Waals surface area contributed by atoms with E-state index in [1.165, 1.54) is 18.5 Å². The molecule has 0 aliphatic carbocycles. The summed E-state index contributed by atoms with van der Waals surface area (Å²) in [6, 6.07) is 10.0. The summed E-state index contributed by atoms with van der Waals surface area (Å²) in [4.78, 5) is 23.4. The Labute approximate surface area is 176 Å². The van der Waals surface area contributed by atoms with Crippen molar-refractivity contribution in [1.29, 1.82) is 0 Å². The highest BCUT2D eigenvalue weighted by molar-refractivity contribution is 7.93. The third-order valence-corrected chi connectivity index (χ3v) is 6.69. The number of carbonyl (C=O) groups excluding carboxylic acids is 1. The van der Waals surface area contributed by atoms with Crippen LogP contribution in [0, 0.1) is 6.92 Å². The van der Waals surface area contributed by atoms with Crippen LogP contribution in [0.4, 0.5) is 5.69 Å². The number of hydrogen-bond donors (Lipinski definition) is 1. The minimum atomic E-state index is -3.97. The molecule has 2 aromatic carbocycles. The Morgan fingerprint density at radius 1 is 1.00 bits per heavy atom. The smallest absolute Gasteiger partial charge is 0.264 e. The first kappa shape index (κ1) is 20.3. The molecule has 1 fully saturated rings. The minimum Gasteiger partial charge on any atom is -0.339 e. The monoisotopic (exact) mass is 424 g/mol. The van der Waals surface area contributed by atoms with Crippen molar-refractivity contribution in [3.63, 3.8) is 0 Å². The van der Waals surface area contributed by atoms with Crippen LogP contribution in [0.3, 0.4) is 0 Å². The zero-order valence-electron chi connectivity index (χ0n) is 16.8. The molecule has 1 N–H and O–H groups in total. The zero-order valence-corrected chi connectivity index (χ0v) is 17.7. The quantitative estimate of drug-likeness (QED) is 0.688. The van der Waals surface area contributed by atoms with Gasteiger partial charge >= 0.3 is 0 Å². The van der Waals surface area contributed by atoms with E-state index in [0.29, 0.717) is 29.7 Å². The van der Waals surface area contributed by atoms with Gasteiger partial charge in [0.15, 0.2) is 0 Å². The lowest BCUT2D eigenvalue weighted by molar-refractivity contribution is 0.0762. The molecule has 30 heavy (non-hydrogen) atoms. The average Bonchev–Trinajstić information content (AvgIpc) is 3.02. The lowest BCUT2D eigenvalue weighted by atomic mass is 10.1. The third-order valence-electron chi connectivity index (χ3n) is 5.29. The maximum Gasteiger partial charge on any atom is 0.264 e. The Bertz CT molecular complexity index is 1180. The summed E-state index contributed by atoms with van der Waals surface area (Å²) in [5, 5.41) is 0. The Morgan fingerprint density at radius 3 is 2.50 bits per heavy atom. The van der Waals surface area contributed by atoms with Gasteiger partial charge in [0, 0.05) is 25.5 Å². The minimum absolute atomic E-state index is 0.0303. The first-order valence-electron chi connectivity index (χ1n) is 10.1. The fourth-order valence-corrected chi connectivity index (χ4v) is 4.99. The number of sulfonamides is 1. The number of rotatable bonds is 4. The highest BCUT2D eigenvalue weighted by atomic mass is 32.2. The fourth-order valence-electron chi connectivity index (χ4n) is 3.76. The molecular formula is C22H24N4O3S. The van der Waals surface area contributed by atoms with Gasteiger partial charge in [0.1, 0.15) is 10.4 Å². The van der Waals surface area contributed by atoms with E-state index in [0.717, 1.165) is 31.2 Å². The number of carbonyl (C=O) groups is 1. The highest BCUT2D eigenvalue weighted by Crippen LogP contribution is 2.26. The van der Waals surface area contributed by atoms with Crippen LogP contribution in [0.25, 0.3) is 11.0 Å². The molecule has 1 amide bonds. The van der Waals surface area contributed by atoms with Gasteiger partial charge in [0.2, 0.25) is 0 Å². The van der Waals surface area contributed by atoms with Gasteiger partial charge in [-0.05, 0) is 49.6 Å². The number of benzene rings is 2. The SMILES string of the molecule is Cc1ccc(C(=O)N2CCCCCC2)c(NS(=O)(=O)c2cccc3nccnc23)c1. The van der Waals surface area contributed by atoms with E-state index in [1.54, 1.807) is 24.3 Å². The molecule has 0 radical (unpaired) electrons. The standard InChI is InChI=1S/C22H24N4O3S/c1-16-9-10-17(22(27)26-13-4-2-3-5-14-26)19(15-16)25-30(28,29)20-8-6-7-18-21(20)24-12-11-23-18/h6-12,15,25H,2-5,13-14H2,1H3. The highest BCUT2D eigenvalue weighted by Gasteiger charge is 2.24. The lowest BCUT2D eigenvalue weighted by Crippen LogP contribution is -2.32. The van der Waals surface area contributed by atoms with Crippen LogP contribution in [0.1, 0.15) is 41.6 Å². The predicted molar refractivity (Wildman–Crippen MR) is 116 cm³/mol. The molecule has 1 saturated heterocycles. The maximum absolute atomic E-state index is 13.2. The van der Waals surface area contributed by atoms with E-state index in [9.17, 15) is 13.2 Å². The molecule has 0 atom stereocenters. The molecule has 1 aliphatic rings. The molecule has 4 rings (SSSR count). The molecule has 1 aliphatic heterocycles. The number of hydrogen-bond acceptors (Lipinski definition) is 5. The van der Waals surface area contributed by atoms with Crippen molar-refractivity contribution in [2.45, 2.75) is 37.5 Å². The van der Waals surface area contributed by atoms with E-state index in [1.807, 2.05) is 17.9 Å². The van der Waals surface area contributed by atoms with Crippen LogP contribution < -0.4 is 4.72 Å². The Balaban J connectivity index is 1.72. The second kappa shape index (κ2) is 8.39. The van der Waals surface area contributed by atoms with Gasteiger partial charge in [0.25, 0.3) is 15.9 Å². The topological polar surface area (TPSA) is 92.3 Å².